The average molecular weight is 400 g/mol. The summed E-state index contributed by atoms with van der Waals surface area (Å²) in [6.45, 7) is 4.92. The molecule has 0 aliphatic carbocycles. The molecule has 0 aliphatic rings. The molecular weight excluding hydrogens is 389 g/mol. The lowest BCUT2D eigenvalue weighted by Gasteiger charge is -2.10. The Morgan fingerprint density at radius 3 is 2.62 bits per heavy atom. The van der Waals surface area contributed by atoms with Gasteiger partial charge in [-0.3, -0.25) is 0 Å². The summed E-state index contributed by atoms with van der Waals surface area (Å²) in [4.78, 5) is 9.28. The van der Waals surface area contributed by atoms with Crippen molar-refractivity contribution in [1.82, 2.24) is 9.97 Å². The fourth-order valence-electron chi connectivity index (χ4n) is 2.26. The molecule has 0 radical (unpaired) electrons. The van der Waals surface area contributed by atoms with Gasteiger partial charge in [-0.25, -0.2) is 0 Å². The molecule has 0 aliphatic heterocycles. The number of aromatic nitrogens is 2. The highest BCUT2D eigenvalue weighted by Gasteiger charge is 2.30. The van der Waals surface area contributed by atoms with Crippen LogP contribution in [-0.4, -0.2) is 18.4 Å². The first-order chi connectivity index (χ1) is 12.1. The highest BCUT2D eigenvalue weighted by atomic mass is 32.2. The Bertz CT molecular complexity index is 1110. The number of thiophene rings is 1. The predicted molar refractivity (Wildman–Crippen MR) is 92.3 cm³/mol. The third kappa shape index (κ3) is 3.70. The van der Waals surface area contributed by atoms with Crippen molar-refractivity contribution in [2.45, 2.75) is 13.1 Å². The van der Waals surface area contributed by atoms with Gasteiger partial charge in [-0.15, -0.1) is 11.3 Å². The van der Waals surface area contributed by atoms with Crippen LogP contribution in [0.3, 0.4) is 0 Å². The zero-order chi connectivity index (χ0) is 19.1. The van der Waals surface area contributed by atoms with Gasteiger partial charge in [0.1, 0.15) is 4.83 Å². The maximum absolute atomic E-state index is 13.0. The fraction of sp³-hybridized carbons (Fsp3) is 0.125. The third-order valence-electron chi connectivity index (χ3n) is 3.35. The Morgan fingerprint density at radius 2 is 1.96 bits per heavy atom. The Hall–Kier alpha value is -2.46. The van der Waals surface area contributed by atoms with E-state index >= 15 is 0 Å². The van der Waals surface area contributed by atoms with Crippen LogP contribution in [0.2, 0.25) is 0 Å². The average Bonchev–Trinajstić information content (AvgIpc) is 2.93. The van der Waals surface area contributed by atoms with Gasteiger partial charge < -0.3 is 4.18 Å². The van der Waals surface area contributed by atoms with E-state index in [-0.39, 0.29) is 11.3 Å². The van der Waals surface area contributed by atoms with Crippen molar-refractivity contribution >= 4 is 31.7 Å². The topological polar surface area (TPSA) is 69.2 Å². The molecule has 26 heavy (non-hydrogen) atoms. The predicted octanol–water partition coefficient (Wildman–Crippen LogP) is 4.54. The van der Waals surface area contributed by atoms with E-state index in [9.17, 15) is 21.6 Å². The van der Waals surface area contributed by atoms with Crippen LogP contribution in [0.25, 0.3) is 21.5 Å². The van der Waals surface area contributed by atoms with Crippen LogP contribution in [-0.2, 0) is 16.3 Å². The van der Waals surface area contributed by atoms with Crippen LogP contribution >= 0.6 is 11.3 Å². The molecule has 3 rings (SSSR count). The Labute approximate surface area is 150 Å². The lowest BCUT2D eigenvalue weighted by atomic mass is 10.1. The Morgan fingerprint density at radius 1 is 1.23 bits per heavy atom. The van der Waals surface area contributed by atoms with Gasteiger partial charge in [0.2, 0.25) is 0 Å². The molecule has 0 atom stereocenters. The summed E-state index contributed by atoms with van der Waals surface area (Å²) in [5.74, 6) is 0. The van der Waals surface area contributed by atoms with Gasteiger partial charge in [-0.2, -0.15) is 31.6 Å². The molecule has 0 fully saturated rings. The van der Waals surface area contributed by atoms with Crippen molar-refractivity contribution in [2.75, 3.05) is 0 Å². The quantitative estimate of drug-likeness (QED) is 0.602. The largest absolute Gasteiger partial charge is 0.416 e. The molecule has 136 valence electrons. The summed E-state index contributed by atoms with van der Waals surface area (Å²) in [5.41, 5.74) is -0.513. The van der Waals surface area contributed by atoms with Gasteiger partial charge in [0.15, 0.2) is 0 Å². The molecule has 0 amide bonds. The highest BCUT2D eigenvalue weighted by Crippen LogP contribution is 2.36. The molecule has 0 saturated heterocycles. The minimum absolute atomic E-state index is 0.153. The molecule has 0 N–H and O–H groups in total. The molecule has 3 aromatic rings. The molecule has 1 aromatic carbocycles. The maximum Gasteiger partial charge on any atom is 0.416 e. The van der Waals surface area contributed by atoms with Gasteiger partial charge in [-0.05, 0) is 25.1 Å². The van der Waals surface area contributed by atoms with Crippen LogP contribution in [0.1, 0.15) is 10.4 Å². The highest BCUT2D eigenvalue weighted by molar-refractivity contribution is 7.90. The zero-order valence-corrected chi connectivity index (χ0v) is 14.9. The SMILES string of the molecule is C=CS(=O)(=O)Oc1nc(-c2cccc(C(F)(F)F)c2)c2cc(C)sc2n1. The number of hydrogen-bond acceptors (Lipinski definition) is 6. The van der Waals surface area contributed by atoms with Gasteiger partial charge in [0, 0.05) is 15.8 Å². The molecule has 0 unspecified atom stereocenters. The van der Waals surface area contributed by atoms with Crippen LogP contribution in [0.15, 0.2) is 42.3 Å². The van der Waals surface area contributed by atoms with E-state index in [1.54, 1.807) is 13.0 Å². The van der Waals surface area contributed by atoms with E-state index in [1.165, 1.54) is 23.5 Å². The minimum Gasteiger partial charge on any atom is -0.340 e. The molecular formula is C16H11F3N2O3S2. The number of fused-ring (bicyclic) bond motifs is 1. The Balaban J connectivity index is 2.23. The standard InChI is InChI=1S/C16H11F3N2O3S2/c1-3-26(22,23)24-15-20-13(12-7-9(2)25-14(12)21-15)10-5-4-6-11(8-10)16(17,18)19/h3-8H,1H2,2H3. The van der Waals surface area contributed by atoms with E-state index in [4.69, 9.17) is 4.18 Å². The van der Waals surface area contributed by atoms with E-state index < -0.39 is 27.9 Å². The molecule has 2 aromatic heterocycles. The van der Waals surface area contributed by atoms with Crippen LogP contribution in [0.5, 0.6) is 6.01 Å². The van der Waals surface area contributed by atoms with Gasteiger partial charge in [-0.1, -0.05) is 18.7 Å². The first-order valence-electron chi connectivity index (χ1n) is 7.12. The normalized spacial score (nSPS) is 12.3. The van der Waals surface area contributed by atoms with E-state index in [1.807, 2.05) is 0 Å². The van der Waals surface area contributed by atoms with Gasteiger partial charge in [0.25, 0.3) is 0 Å². The molecule has 0 saturated carbocycles. The number of halogens is 3. The second-order valence-corrected chi connectivity index (χ2v) is 7.97. The van der Waals surface area contributed by atoms with Crippen molar-refractivity contribution in [3.05, 3.63) is 52.8 Å². The van der Waals surface area contributed by atoms with E-state index in [0.717, 1.165) is 17.0 Å². The first kappa shape index (κ1) is 18.3. The van der Waals surface area contributed by atoms with Crippen LogP contribution < -0.4 is 4.18 Å². The second-order valence-electron chi connectivity index (χ2n) is 5.25. The summed E-state index contributed by atoms with van der Waals surface area (Å²) in [6, 6.07) is 5.84. The van der Waals surface area contributed by atoms with Crippen molar-refractivity contribution in [1.29, 1.82) is 0 Å². The molecule has 0 spiro atoms. The summed E-state index contributed by atoms with van der Waals surface area (Å²) in [6.07, 6.45) is -4.52. The van der Waals surface area contributed by atoms with Crippen LogP contribution in [0, 0.1) is 6.92 Å². The summed E-state index contributed by atoms with van der Waals surface area (Å²) < 4.78 is 66.9. The third-order valence-corrected chi connectivity index (χ3v) is 5.09. The zero-order valence-electron chi connectivity index (χ0n) is 13.2. The second kappa shape index (κ2) is 6.36. The minimum atomic E-state index is -4.52. The fourth-order valence-corrected chi connectivity index (χ4v) is 3.48. The van der Waals surface area contributed by atoms with Crippen molar-refractivity contribution in [3.63, 3.8) is 0 Å². The van der Waals surface area contributed by atoms with E-state index in [0.29, 0.717) is 15.6 Å². The molecule has 0 bridgehead atoms. The smallest absolute Gasteiger partial charge is 0.340 e. The summed E-state index contributed by atoms with van der Waals surface area (Å²) >= 11 is 1.24. The monoisotopic (exact) mass is 400 g/mol. The molecule has 10 heteroatoms. The van der Waals surface area contributed by atoms with E-state index in [2.05, 4.69) is 16.5 Å². The number of aryl methyl sites for hydroxylation is 1. The van der Waals surface area contributed by atoms with Crippen molar-refractivity contribution in [3.8, 4) is 17.3 Å². The molecule has 2 heterocycles. The van der Waals surface area contributed by atoms with Crippen molar-refractivity contribution < 1.29 is 25.8 Å². The first-order valence-corrected chi connectivity index (χ1v) is 9.40. The summed E-state index contributed by atoms with van der Waals surface area (Å²) in [5, 5.41) is 1.10. The maximum atomic E-state index is 13.0. The van der Waals surface area contributed by atoms with Gasteiger partial charge in [0.05, 0.1) is 16.7 Å². The Kier molecular flexibility index (Phi) is 4.49. The lowest BCUT2D eigenvalue weighted by Crippen LogP contribution is -2.08. The lowest BCUT2D eigenvalue weighted by molar-refractivity contribution is -0.137. The van der Waals surface area contributed by atoms with Crippen molar-refractivity contribution in [2.24, 2.45) is 0 Å². The van der Waals surface area contributed by atoms with Crippen LogP contribution in [0.4, 0.5) is 13.2 Å². The number of rotatable bonds is 4. The number of hydrogen-bond donors (Lipinski definition) is 0. The number of nitrogens with zero attached hydrogens (tertiary/aromatic N) is 2. The number of alkyl halides is 3. The number of benzene rings is 1. The molecule has 5 nitrogen and oxygen atoms in total. The van der Waals surface area contributed by atoms with Gasteiger partial charge >= 0.3 is 22.3 Å². The summed E-state index contributed by atoms with van der Waals surface area (Å²) in [7, 11) is -4.10.